The number of alkyl halides is 1. The number of carbonyl (C=O) groups excluding carboxylic acids is 1. The molecule has 2 rings (SSSR count). The van der Waals surface area contributed by atoms with Crippen LogP contribution in [0.4, 0.5) is 0 Å². The Kier molecular flexibility index (Phi) is 4.42. The number of Topliss-reactive ketones (excluding diaryl/α,β-unsaturated/α-hetero) is 1. The summed E-state index contributed by atoms with van der Waals surface area (Å²) in [5.74, 6) is 0.958. The van der Waals surface area contributed by atoms with Crippen LogP contribution in [0.15, 0.2) is 0 Å². The van der Waals surface area contributed by atoms with Gasteiger partial charge in [0.2, 0.25) is 0 Å². The molecule has 0 aliphatic heterocycles. The lowest BCUT2D eigenvalue weighted by atomic mass is 9.74. The lowest BCUT2D eigenvalue weighted by Gasteiger charge is -2.32. The van der Waals surface area contributed by atoms with Gasteiger partial charge in [0.15, 0.2) is 0 Å². The Balaban J connectivity index is 1.90. The van der Waals surface area contributed by atoms with Crippen LogP contribution in [0, 0.1) is 11.8 Å². The molecule has 2 fully saturated rings. The van der Waals surface area contributed by atoms with Gasteiger partial charge in [-0.3, -0.25) is 4.79 Å². The number of hydrogen-bond donors (Lipinski definition) is 1. The summed E-state index contributed by atoms with van der Waals surface area (Å²) in [7, 11) is 0. The molecule has 2 N–H and O–H groups in total. The van der Waals surface area contributed by atoms with E-state index in [0.29, 0.717) is 16.5 Å². The first kappa shape index (κ1) is 12.6. The normalized spacial score (nSPS) is 40.6. The van der Waals surface area contributed by atoms with E-state index in [1.54, 1.807) is 0 Å². The smallest absolute Gasteiger partial charge is 0.140 e. The Labute approximate surface area is 106 Å². The summed E-state index contributed by atoms with van der Waals surface area (Å²) in [6, 6.07) is 0.142. The van der Waals surface area contributed by atoms with Crippen LogP contribution < -0.4 is 5.73 Å². The highest BCUT2D eigenvalue weighted by molar-refractivity contribution is 9.09. The Hall–Kier alpha value is 0.110. The molecule has 2 aliphatic carbocycles. The van der Waals surface area contributed by atoms with Crippen LogP contribution in [0.5, 0.6) is 0 Å². The van der Waals surface area contributed by atoms with E-state index in [0.717, 1.165) is 38.5 Å². The van der Waals surface area contributed by atoms with Gasteiger partial charge in [-0.2, -0.15) is 0 Å². The van der Waals surface area contributed by atoms with Crippen molar-refractivity contribution in [2.75, 3.05) is 0 Å². The number of nitrogens with two attached hydrogens (primary N) is 1. The van der Waals surface area contributed by atoms with Gasteiger partial charge in [-0.1, -0.05) is 28.8 Å². The molecular formula is C13H22BrNO. The molecule has 0 heterocycles. The molecule has 2 saturated carbocycles. The zero-order valence-corrected chi connectivity index (χ0v) is 11.4. The van der Waals surface area contributed by atoms with Crippen molar-refractivity contribution in [3.8, 4) is 0 Å². The van der Waals surface area contributed by atoms with Gasteiger partial charge in [-0.15, -0.1) is 0 Å². The van der Waals surface area contributed by atoms with Gasteiger partial charge >= 0.3 is 0 Å². The number of hydrogen-bond acceptors (Lipinski definition) is 2. The Morgan fingerprint density at radius 3 is 2.25 bits per heavy atom. The average molecular weight is 288 g/mol. The van der Waals surface area contributed by atoms with Gasteiger partial charge in [0.05, 0.1) is 0 Å². The maximum absolute atomic E-state index is 12.4. The molecule has 0 amide bonds. The summed E-state index contributed by atoms with van der Waals surface area (Å²) in [6.45, 7) is 0. The fraction of sp³-hybridized carbons (Fsp3) is 0.923. The Bertz CT molecular complexity index is 248. The fourth-order valence-corrected chi connectivity index (χ4v) is 3.68. The number of halogens is 1. The minimum Gasteiger partial charge on any atom is -0.327 e. The molecule has 0 radical (unpaired) electrons. The maximum atomic E-state index is 12.4. The molecule has 92 valence electrons. The molecule has 16 heavy (non-hydrogen) atoms. The van der Waals surface area contributed by atoms with Crippen molar-refractivity contribution >= 4 is 21.7 Å². The van der Waals surface area contributed by atoms with Gasteiger partial charge < -0.3 is 5.73 Å². The fourth-order valence-electron chi connectivity index (χ4n) is 3.15. The van der Waals surface area contributed by atoms with Crippen molar-refractivity contribution in [2.24, 2.45) is 17.6 Å². The monoisotopic (exact) mass is 287 g/mol. The summed E-state index contributed by atoms with van der Waals surface area (Å²) in [4.78, 5) is 13.0. The van der Waals surface area contributed by atoms with E-state index in [4.69, 9.17) is 5.73 Å². The molecule has 2 nitrogen and oxygen atoms in total. The van der Waals surface area contributed by atoms with E-state index >= 15 is 0 Å². The molecule has 0 aromatic rings. The quantitative estimate of drug-likeness (QED) is 0.794. The van der Waals surface area contributed by atoms with Crippen molar-refractivity contribution in [2.45, 2.75) is 62.2 Å². The number of ketones is 1. The van der Waals surface area contributed by atoms with E-state index in [2.05, 4.69) is 15.9 Å². The second-order valence-corrected chi connectivity index (χ2v) is 6.70. The summed E-state index contributed by atoms with van der Waals surface area (Å²) >= 11 is 3.64. The van der Waals surface area contributed by atoms with E-state index in [1.807, 2.05) is 0 Å². The summed E-state index contributed by atoms with van der Waals surface area (Å²) in [5.41, 5.74) is 6.08. The summed E-state index contributed by atoms with van der Waals surface area (Å²) < 4.78 is 0. The largest absolute Gasteiger partial charge is 0.327 e. The van der Waals surface area contributed by atoms with E-state index in [1.165, 1.54) is 12.8 Å². The Morgan fingerprint density at radius 1 is 1.00 bits per heavy atom. The minimum absolute atomic E-state index is 0.142. The van der Waals surface area contributed by atoms with Crippen LogP contribution in [-0.4, -0.2) is 16.7 Å². The predicted octanol–water partition coefficient (Wildman–Crippen LogP) is 3.03. The van der Waals surface area contributed by atoms with Crippen LogP contribution in [0.3, 0.4) is 0 Å². The molecule has 2 unspecified atom stereocenters. The maximum Gasteiger partial charge on any atom is 0.140 e. The predicted molar refractivity (Wildman–Crippen MR) is 69.6 cm³/mol. The van der Waals surface area contributed by atoms with E-state index < -0.39 is 0 Å². The van der Waals surface area contributed by atoms with Gasteiger partial charge in [0.25, 0.3) is 0 Å². The lowest BCUT2D eigenvalue weighted by Crippen LogP contribution is -2.41. The second kappa shape index (κ2) is 5.63. The first-order chi connectivity index (χ1) is 7.68. The first-order valence-electron chi connectivity index (χ1n) is 6.62. The molecule has 2 aliphatic rings. The van der Waals surface area contributed by atoms with Crippen LogP contribution >= 0.6 is 15.9 Å². The highest BCUT2D eigenvalue weighted by Gasteiger charge is 2.34. The topological polar surface area (TPSA) is 43.1 Å². The SMILES string of the molecule is NC1CCCCC1C(=O)C1CCC(Br)CC1. The van der Waals surface area contributed by atoms with Crippen molar-refractivity contribution in [1.29, 1.82) is 0 Å². The molecule has 0 spiro atoms. The molecule has 0 aromatic heterocycles. The van der Waals surface area contributed by atoms with Gasteiger partial charge in [-0.05, 0) is 38.5 Å². The van der Waals surface area contributed by atoms with Gasteiger partial charge in [0, 0.05) is 22.7 Å². The van der Waals surface area contributed by atoms with Crippen molar-refractivity contribution in [1.82, 2.24) is 0 Å². The molecule has 3 heteroatoms. The van der Waals surface area contributed by atoms with Crippen molar-refractivity contribution in [3.05, 3.63) is 0 Å². The highest BCUT2D eigenvalue weighted by Crippen LogP contribution is 2.34. The van der Waals surface area contributed by atoms with Crippen molar-refractivity contribution < 1.29 is 4.79 Å². The van der Waals surface area contributed by atoms with Crippen LogP contribution in [0.1, 0.15) is 51.4 Å². The number of carbonyl (C=O) groups is 1. The molecule has 0 saturated heterocycles. The van der Waals surface area contributed by atoms with Crippen LogP contribution in [0.2, 0.25) is 0 Å². The van der Waals surface area contributed by atoms with Crippen LogP contribution in [-0.2, 0) is 4.79 Å². The van der Waals surface area contributed by atoms with Crippen molar-refractivity contribution in [3.63, 3.8) is 0 Å². The zero-order chi connectivity index (χ0) is 11.5. The zero-order valence-electron chi connectivity index (χ0n) is 9.83. The second-order valence-electron chi connectivity index (χ2n) is 5.41. The third kappa shape index (κ3) is 2.86. The molecular weight excluding hydrogens is 266 g/mol. The van der Waals surface area contributed by atoms with E-state index in [-0.39, 0.29) is 12.0 Å². The Morgan fingerprint density at radius 2 is 1.62 bits per heavy atom. The molecule has 0 aromatic carbocycles. The highest BCUT2D eigenvalue weighted by atomic mass is 79.9. The van der Waals surface area contributed by atoms with Gasteiger partial charge in [0.1, 0.15) is 5.78 Å². The van der Waals surface area contributed by atoms with E-state index in [9.17, 15) is 4.79 Å². The lowest BCUT2D eigenvalue weighted by molar-refractivity contribution is -0.129. The average Bonchev–Trinajstić information content (AvgIpc) is 2.30. The minimum atomic E-state index is 0.142. The third-order valence-electron chi connectivity index (χ3n) is 4.24. The van der Waals surface area contributed by atoms with Gasteiger partial charge in [-0.25, -0.2) is 0 Å². The summed E-state index contributed by atoms with van der Waals surface area (Å²) in [6.07, 6.45) is 8.92. The molecule has 0 bridgehead atoms. The standard InChI is InChI=1S/C13H22BrNO/c14-10-7-5-9(6-8-10)13(16)11-3-1-2-4-12(11)15/h9-12H,1-8,15H2. The first-order valence-corrected chi connectivity index (χ1v) is 7.53. The third-order valence-corrected chi connectivity index (χ3v) is 5.16. The van der Waals surface area contributed by atoms with Crippen LogP contribution in [0.25, 0.3) is 0 Å². The summed E-state index contributed by atoms with van der Waals surface area (Å²) in [5, 5.41) is 0. The number of rotatable bonds is 2. The molecule has 2 atom stereocenters.